The van der Waals surface area contributed by atoms with Crippen LogP contribution in [0, 0.1) is 11.4 Å². The van der Waals surface area contributed by atoms with Gasteiger partial charge in [0.1, 0.15) is 5.69 Å². The molecular formula is C18H20FN7. The van der Waals surface area contributed by atoms with E-state index in [2.05, 4.69) is 56.3 Å². The van der Waals surface area contributed by atoms with Gasteiger partial charge in [-0.1, -0.05) is 26.8 Å². The average Bonchev–Trinajstić information content (AvgIpc) is 2.62. The van der Waals surface area contributed by atoms with Crippen LogP contribution in [0.3, 0.4) is 0 Å². The summed E-state index contributed by atoms with van der Waals surface area (Å²) in [6.45, 7) is 7.04. The summed E-state index contributed by atoms with van der Waals surface area (Å²) < 4.78 is 13.0. The molecule has 0 saturated heterocycles. The van der Waals surface area contributed by atoms with Gasteiger partial charge in [0.25, 0.3) is 0 Å². The minimum Gasteiger partial charge on any atom is -0.354 e. The van der Waals surface area contributed by atoms with Gasteiger partial charge in [0, 0.05) is 12.7 Å². The summed E-state index contributed by atoms with van der Waals surface area (Å²) in [5, 5.41) is 6.24. The maximum atomic E-state index is 13.0. The summed E-state index contributed by atoms with van der Waals surface area (Å²) in [7, 11) is 0. The van der Waals surface area contributed by atoms with Crippen LogP contribution in [0.15, 0.2) is 42.7 Å². The van der Waals surface area contributed by atoms with Gasteiger partial charge < -0.3 is 10.6 Å². The summed E-state index contributed by atoms with van der Waals surface area (Å²) in [4.78, 5) is 21.2. The second-order valence-corrected chi connectivity index (χ2v) is 6.93. The molecule has 0 atom stereocenters. The zero-order valence-electron chi connectivity index (χ0n) is 14.9. The van der Waals surface area contributed by atoms with E-state index in [4.69, 9.17) is 0 Å². The van der Waals surface area contributed by atoms with Crippen molar-refractivity contribution >= 4 is 17.6 Å². The lowest BCUT2D eigenvalue weighted by molar-refractivity contribution is 0.442. The van der Waals surface area contributed by atoms with Crippen LogP contribution in [0.2, 0.25) is 0 Å². The molecule has 3 aromatic rings. The Morgan fingerprint density at radius 2 is 1.77 bits per heavy atom. The van der Waals surface area contributed by atoms with Gasteiger partial charge in [-0.2, -0.15) is 19.3 Å². The van der Waals surface area contributed by atoms with Gasteiger partial charge in [0.05, 0.1) is 11.9 Å². The van der Waals surface area contributed by atoms with Gasteiger partial charge >= 0.3 is 0 Å². The topological polar surface area (TPSA) is 88.5 Å². The van der Waals surface area contributed by atoms with Crippen LogP contribution < -0.4 is 10.6 Å². The maximum Gasteiger partial charge on any atom is 0.232 e. The standard InChI is InChI=1S/C18H20FN7/c1-18(2,3)11-22-16-24-15(13-6-4-5-9-20-13)25-17(26-16)23-12-7-8-14(19)21-10-12/h4-10H,11H2,1-3H3,(H2,22,23,24,25,26). The molecule has 0 spiro atoms. The van der Waals surface area contributed by atoms with E-state index in [0.717, 1.165) is 0 Å². The number of anilines is 3. The number of hydrogen-bond acceptors (Lipinski definition) is 7. The maximum absolute atomic E-state index is 13.0. The number of aromatic nitrogens is 5. The second kappa shape index (κ2) is 7.38. The van der Waals surface area contributed by atoms with E-state index in [0.29, 0.717) is 35.6 Å². The zero-order chi connectivity index (χ0) is 18.6. The monoisotopic (exact) mass is 353 g/mol. The Bertz CT molecular complexity index is 861. The van der Waals surface area contributed by atoms with Crippen molar-refractivity contribution in [2.45, 2.75) is 20.8 Å². The van der Waals surface area contributed by atoms with Gasteiger partial charge in [0.2, 0.25) is 17.8 Å². The molecule has 8 heteroatoms. The fourth-order valence-corrected chi connectivity index (χ4v) is 2.04. The van der Waals surface area contributed by atoms with Crippen LogP contribution in [0.1, 0.15) is 20.8 Å². The summed E-state index contributed by atoms with van der Waals surface area (Å²) >= 11 is 0. The van der Waals surface area contributed by atoms with Crippen LogP contribution in [-0.2, 0) is 0 Å². The Labute approximate surface area is 151 Å². The Morgan fingerprint density at radius 1 is 0.962 bits per heavy atom. The molecule has 0 aliphatic rings. The van der Waals surface area contributed by atoms with Crippen molar-refractivity contribution in [2.75, 3.05) is 17.2 Å². The van der Waals surface area contributed by atoms with Crippen LogP contribution >= 0.6 is 0 Å². The molecule has 0 bridgehead atoms. The third-order valence-corrected chi connectivity index (χ3v) is 3.29. The van der Waals surface area contributed by atoms with E-state index in [9.17, 15) is 4.39 Å². The van der Waals surface area contributed by atoms with Crippen LogP contribution in [0.25, 0.3) is 11.5 Å². The Hall–Kier alpha value is -3.16. The van der Waals surface area contributed by atoms with Crippen molar-refractivity contribution in [3.8, 4) is 11.5 Å². The Kier molecular flexibility index (Phi) is 5.01. The normalized spacial score (nSPS) is 11.2. The summed E-state index contributed by atoms with van der Waals surface area (Å²) in [6.07, 6.45) is 3.06. The molecule has 0 amide bonds. The van der Waals surface area contributed by atoms with Gasteiger partial charge in [0.15, 0.2) is 5.82 Å². The molecule has 2 N–H and O–H groups in total. The molecule has 3 rings (SSSR count). The lowest BCUT2D eigenvalue weighted by Gasteiger charge is -2.19. The number of halogens is 1. The fourth-order valence-electron chi connectivity index (χ4n) is 2.04. The van der Waals surface area contributed by atoms with Crippen LogP contribution in [0.4, 0.5) is 22.0 Å². The first-order chi connectivity index (χ1) is 12.4. The summed E-state index contributed by atoms with van der Waals surface area (Å²) in [6, 6.07) is 8.35. The highest BCUT2D eigenvalue weighted by Gasteiger charge is 2.14. The molecule has 3 heterocycles. The number of rotatable bonds is 5. The number of hydrogen-bond donors (Lipinski definition) is 2. The van der Waals surface area contributed by atoms with Gasteiger partial charge in [-0.15, -0.1) is 0 Å². The molecule has 0 aliphatic heterocycles. The van der Waals surface area contributed by atoms with E-state index in [1.165, 1.54) is 12.3 Å². The third-order valence-electron chi connectivity index (χ3n) is 3.29. The van der Waals surface area contributed by atoms with Crippen molar-refractivity contribution in [3.63, 3.8) is 0 Å². The third kappa shape index (κ3) is 4.92. The fraction of sp³-hybridized carbons (Fsp3) is 0.278. The number of pyridine rings is 2. The van der Waals surface area contributed by atoms with E-state index >= 15 is 0 Å². The highest BCUT2D eigenvalue weighted by molar-refractivity contribution is 5.57. The molecule has 134 valence electrons. The van der Waals surface area contributed by atoms with Crippen molar-refractivity contribution < 1.29 is 4.39 Å². The molecule has 0 fully saturated rings. The number of nitrogens with zero attached hydrogens (tertiary/aromatic N) is 5. The second-order valence-electron chi connectivity index (χ2n) is 6.93. The molecule has 7 nitrogen and oxygen atoms in total. The first-order valence-corrected chi connectivity index (χ1v) is 8.19. The average molecular weight is 353 g/mol. The molecular weight excluding hydrogens is 333 g/mol. The van der Waals surface area contributed by atoms with Gasteiger partial charge in [-0.25, -0.2) is 4.98 Å². The predicted octanol–water partition coefficient (Wildman–Crippen LogP) is 3.67. The first kappa shape index (κ1) is 17.7. The molecule has 0 radical (unpaired) electrons. The largest absolute Gasteiger partial charge is 0.354 e. The smallest absolute Gasteiger partial charge is 0.232 e. The predicted molar refractivity (Wildman–Crippen MR) is 98.5 cm³/mol. The highest BCUT2D eigenvalue weighted by Crippen LogP contribution is 2.20. The van der Waals surface area contributed by atoms with Crippen LogP contribution in [-0.4, -0.2) is 31.5 Å². The van der Waals surface area contributed by atoms with Gasteiger partial charge in [-0.3, -0.25) is 4.98 Å². The van der Waals surface area contributed by atoms with E-state index in [1.807, 2.05) is 18.2 Å². The molecule has 0 unspecified atom stereocenters. The lowest BCUT2D eigenvalue weighted by Crippen LogP contribution is -2.21. The molecule has 0 aromatic carbocycles. The van der Waals surface area contributed by atoms with Gasteiger partial charge in [-0.05, 0) is 29.7 Å². The van der Waals surface area contributed by atoms with Crippen molar-refractivity contribution in [1.29, 1.82) is 0 Å². The lowest BCUT2D eigenvalue weighted by atomic mass is 9.97. The van der Waals surface area contributed by atoms with Crippen molar-refractivity contribution in [1.82, 2.24) is 24.9 Å². The SMILES string of the molecule is CC(C)(C)CNc1nc(Nc2ccc(F)nc2)nc(-c2ccccn2)n1. The van der Waals surface area contributed by atoms with Crippen LogP contribution in [0.5, 0.6) is 0 Å². The highest BCUT2D eigenvalue weighted by atomic mass is 19.1. The first-order valence-electron chi connectivity index (χ1n) is 8.19. The Balaban J connectivity index is 1.92. The molecule has 0 aliphatic carbocycles. The van der Waals surface area contributed by atoms with E-state index in [-0.39, 0.29) is 5.41 Å². The van der Waals surface area contributed by atoms with E-state index in [1.54, 1.807) is 12.3 Å². The quantitative estimate of drug-likeness (QED) is 0.677. The molecule has 3 aromatic heterocycles. The van der Waals surface area contributed by atoms with Crippen molar-refractivity contribution in [3.05, 3.63) is 48.7 Å². The van der Waals surface area contributed by atoms with Crippen molar-refractivity contribution in [2.24, 2.45) is 5.41 Å². The summed E-state index contributed by atoms with van der Waals surface area (Å²) in [5.74, 6) is 0.654. The molecule has 26 heavy (non-hydrogen) atoms. The minimum absolute atomic E-state index is 0.0618. The summed E-state index contributed by atoms with van der Waals surface area (Å²) in [5.41, 5.74) is 1.27. The minimum atomic E-state index is -0.548. The van der Waals surface area contributed by atoms with E-state index < -0.39 is 5.95 Å². The number of nitrogens with one attached hydrogen (secondary N) is 2. The Morgan fingerprint density at radius 3 is 2.42 bits per heavy atom. The zero-order valence-corrected chi connectivity index (χ0v) is 14.9. The molecule has 0 saturated carbocycles.